The van der Waals surface area contributed by atoms with Gasteiger partial charge in [-0.25, -0.2) is 8.78 Å². The number of halogens is 2. The normalized spacial score (nSPS) is 21.2. The predicted molar refractivity (Wildman–Crippen MR) is 79.3 cm³/mol. The van der Waals surface area contributed by atoms with E-state index in [9.17, 15) is 8.78 Å². The molecule has 0 radical (unpaired) electrons. The van der Waals surface area contributed by atoms with Crippen LogP contribution in [0.5, 0.6) is 0 Å². The minimum absolute atomic E-state index is 0.0736. The molecule has 1 saturated heterocycles. The number of ether oxygens (including phenoxy) is 1. The second-order valence-electron chi connectivity index (χ2n) is 5.49. The molecule has 2 aromatic rings. The van der Waals surface area contributed by atoms with Crippen molar-refractivity contribution in [3.05, 3.63) is 65.0 Å². The molecule has 0 saturated carbocycles. The van der Waals surface area contributed by atoms with E-state index in [4.69, 9.17) is 4.74 Å². The molecule has 0 spiro atoms. The van der Waals surface area contributed by atoms with Crippen molar-refractivity contribution in [2.24, 2.45) is 0 Å². The van der Waals surface area contributed by atoms with Gasteiger partial charge in [0.1, 0.15) is 0 Å². The van der Waals surface area contributed by atoms with Crippen molar-refractivity contribution in [2.75, 3.05) is 6.61 Å². The van der Waals surface area contributed by atoms with Gasteiger partial charge in [0.15, 0.2) is 11.6 Å². The van der Waals surface area contributed by atoms with Gasteiger partial charge in [-0.3, -0.25) is 4.98 Å². The molecule has 1 aromatic carbocycles. The van der Waals surface area contributed by atoms with Crippen molar-refractivity contribution in [2.45, 2.75) is 32.0 Å². The van der Waals surface area contributed by atoms with Crippen LogP contribution >= 0.6 is 0 Å². The smallest absolute Gasteiger partial charge is 0.159 e. The van der Waals surface area contributed by atoms with Crippen LogP contribution in [0.2, 0.25) is 0 Å². The lowest BCUT2D eigenvalue weighted by Gasteiger charge is -2.21. The van der Waals surface area contributed by atoms with Crippen LogP contribution in [0.4, 0.5) is 8.78 Å². The quantitative estimate of drug-likeness (QED) is 0.941. The highest BCUT2D eigenvalue weighted by molar-refractivity contribution is 5.23. The molecule has 2 heterocycles. The minimum Gasteiger partial charge on any atom is -0.372 e. The van der Waals surface area contributed by atoms with E-state index in [1.807, 2.05) is 19.1 Å². The second-order valence-corrected chi connectivity index (χ2v) is 5.49. The number of aromatic nitrogens is 1. The van der Waals surface area contributed by atoms with Crippen molar-refractivity contribution in [1.29, 1.82) is 0 Å². The van der Waals surface area contributed by atoms with Gasteiger partial charge in [0, 0.05) is 31.1 Å². The maximum absolute atomic E-state index is 13.4. The summed E-state index contributed by atoms with van der Waals surface area (Å²) < 4.78 is 32.2. The van der Waals surface area contributed by atoms with E-state index in [1.165, 1.54) is 6.07 Å². The standard InChI is InChI=1S/C17H18F2N2O/c1-11-13(3-2-7-20-11)10-21-16-6-8-22-17(16)12-4-5-14(18)15(19)9-12/h2-5,7,9,16-17,21H,6,8,10H2,1H3/t16-,17-/m1/s1. The van der Waals surface area contributed by atoms with Gasteiger partial charge in [0.2, 0.25) is 0 Å². The molecule has 22 heavy (non-hydrogen) atoms. The third-order valence-corrected chi connectivity index (χ3v) is 4.03. The van der Waals surface area contributed by atoms with Crippen LogP contribution in [0.15, 0.2) is 36.5 Å². The molecule has 0 aliphatic carbocycles. The van der Waals surface area contributed by atoms with Gasteiger partial charge in [-0.05, 0) is 42.7 Å². The summed E-state index contributed by atoms with van der Waals surface area (Å²) in [4.78, 5) is 4.26. The van der Waals surface area contributed by atoms with Crippen molar-refractivity contribution < 1.29 is 13.5 Å². The number of nitrogens with one attached hydrogen (secondary N) is 1. The number of hydrogen-bond acceptors (Lipinski definition) is 3. The summed E-state index contributed by atoms with van der Waals surface area (Å²) in [5, 5.41) is 3.44. The largest absolute Gasteiger partial charge is 0.372 e. The molecule has 1 aliphatic heterocycles. The summed E-state index contributed by atoms with van der Waals surface area (Å²) in [6.45, 7) is 3.25. The molecule has 3 nitrogen and oxygen atoms in total. The number of benzene rings is 1. The third-order valence-electron chi connectivity index (χ3n) is 4.03. The van der Waals surface area contributed by atoms with Crippen molar-refractivity contribution in [3.63, 3.8) is 0 Å². The molecular weight excluding hydrogens is 286 g/mol. The van der Waals surface area contributed by atoms with E-state index >= 15 is 0 Å². The zero-order valence-electron chi connectivity index (χ0n) is 12.4. The first-order valence-electron chi connectivity index (χ1n) is 7.35. The Morgan fingerprint density at radius 3 is 2.91 bits per heavy atom. The Kier molecular flexibility index (Phi) is 4.45. The molecule has 1 aliphatic rings. The molecule has 0 amide bonds. The van der Waals surface area contributed by atoms with Gasteiger partial charge in [0.05, 0.1) is 6.10 Å². The van der Waals surface area contributed by atoms with E-state index in [0.717, 1.165) is 23.7 Å². The Balaban J connectivity index is 1.70. The zero-order valence-corrected chi connectivity index (χ0v) is 12.4. The van der Waals surface area contributed by atoms with Gasteiger partial charge >= 0.3 is 0 Å². The average Bonchev–Trinajstić information content (AvgIpc) is 2.98. The third kappa shape index (κ3) is 3.15. The van der Waals surface area contributed by atoms with Crippen LogP contribution in [0.3, 0.4) is 0 Å². The Bertz CT molecular complexity index is 663. The molecule has 0 bridgehead atoms. The summed E-state index contributed by atoms with van der Waals surface area (Å²) in [6, 6.07) is 7.95. The molecule has 116 valence electrons. The number of rotatable bonds is 4. The Labute approximate surface area is 128 Å². The van der Waals surface area contributed by atoms with Gasteiger partial charge in [0.25, 0.3) is 0 Å². The maximum Gasteiger partial charge on any atom is 0.159 e. The first-order valence-corrected chi connectivity index (χ1v) is 7.35. The molecule has 1 N–H and O–H groups in total. The summed E-state index contributed by atoms with van der Waals surface area (Å²) in [5.41, 5.74) is 2.77. The Hall–Kier alpha value is -1.85. The Morgan fingerprint density at radius 1 is 1.27 bits per heavy atom. The summed E-state index contributed by atoms with van der Waals surface area (Å²) in [6.07, 6.45) is 2.34. The van der Waals surface area contributed by atoms with Crippen LogP contribution < -0.4 is 5.32 Å². The molecule has 2 atom stereocenters. The lowest BCUT2D eigenvalue weighted by Crippen LogP contribution is -2.31. The van der Waals surface area contributed by atoms with Crippen LogP contribution in [-0.4, -0.2) is 17.6 Å². The van der Waals surface area contributed by atoms with Crippen molar-refractivity contribution in [3.8, 4) is 0 Å². The van der Waals surface area contributed by atoms with Gasteiger partial charge in [-0.2, -0.15) is 0 Å². The Morgan fingerprint density at radius 2 is 2.14 bits per heavy atom. The monoisotopic (exact) mass is 304 g/mol. The zero-order chi connectivity index (χ0) is 15.5. The summed E-state index contributed by atoms with van der Waals surface area (Å²) in [7, 11) is 0. The van der Waals surface area contributed by atoms with Crippen LogP contribution in [0.1, 0.15) is 29.3 Å². The molecule has 1 fully saturated rings. The number of hydrogen-bond donors (Lipinski definition) is 1. The number of nitrogens with zero attached hydrogens (tertiary/aromatic N) is 1. The van der Waals surface area contributed by atoms with Crippen LogP contribution in [-0.2, 0) is 11.3 Å². The predicted octanol–water partition coefficient (Wildman–Crippen LogP) is 3.29. The molecule has 3 rings (SSSR count). The van der Waals surface area contributed by atoms with Crippen LogP contribution in [0.25, 0.3) is 0 Å². The minimum atomic E-state index is -0.838. The topological polar surface area (TPSA) is 34.2 Å². The van der Waals surface area contributed by atoms with E-state index in [2.05, 4.69) is 10.3 Å². The fourth-order valence-corrected chi connectivity index (χ4v) is 2.76. The lowest BCUT2D eigenvalue weighted by molar-refractivity contribution is 0.0981. The van der Waals surface area contributed by atoms with Crippen molar-refractivity contribution >= 4 is 0 Å². The molecular formula is C17H18F2N2O. The number of aryl methyl sites for hydroxylation is 1. The van der Waals surface area contributed by atoms with Gasteiger partial charge in [-0.15, -0.1) is 0 Å². The second kappa shape index (κ2) is 6.50. The summed E-state index contributed by atoms with van der Waals surface area (Å²) in [5.74, 6) is -1.67. The van der Waals surface area contributed by atoms with E-state index in [0.29, 0.717) is 18.7 Å². The molecule has 1 aromatic heterocycles. The highest BCUT2D eigenvalue weighted by Gasteiger charge is 2.29. The van der Waals surface area contributed by atoms with Crippen LogP contribution in [0, 0.1) is 18.6 Å². The van der Waals surface area contributed by atoms with E-state index in [-0.39, 0.29) is 12.1 Å². The first kappa shape index (κ1) is 15.1. The van der Waals surface area contributed by atoms with Gasteiger partial charge < -0.3 is 10.1 Å². The van der Waals surface area contributed by atoms with E-state index in [1.54, 1.807) is 12.3 Å². The van der Waals surface area contributed by atoms with Gasteiger partial charge in [-0.1, -0.05) is 12.1 Å². The highest BCUT2D eigenvalue weighted by atomic mass is 19.2. The highest BCUT2D eigenvalue weighted by Crippen LogP contribution is 2.30. The maximum atomic E-state index is 13.4. The average molecular weight is 304 g/mol. The fourth-order valence-electron chi connectivity index (χ4n) is 2.76. The van der Waals surface area contributed by atoms with E-state index < -0.39 is 11.6 Å². The molecule has 0 unspecified atom stereocenters. The lowest BCUT2D eigenvalue weighted by atomic mass is 10.0. The van der Waals surface area contributed by atoms with Crippen molar-refractivity contribution in [1.82, 2.24) is 10.3 Å². The SMILES string of the molecule is Cc1ncccc1CN[C@@H]1CCO[C@@H]1c1ccc(F)c(F)c1. The molecule has 5 heteroatoms. The first-order chi connectivity index (χ1) is 10.6. The fraction of sp³-hybridized carbons (Fsp3) is 0.353. The number of pyridine rings is 1. The summed E-state index contributed by atoms with van der Waals surface area (Å²) >= 11 is 0.